The fraction of sp³-hybridized carbons (Fsp3) is 0.814. The Kier molecular flexibility index (Phi) is 62.2. The van der Waals surface area contributed by atoms with E-state index < -0.39 is 6.10 Å². The number of carbonyl (C=O) groups excluding carboxylic acids is 3. The average molecular weight is 1060 g/mol. The van der Waals surface area contributed by atoms with E-state index in [9.17, 15) is 14.4 Å². The summed E-state index contributed by atoms with van der Waals surface area (Å²) in [5.74, 6) is -0.873. The molecule has 0 rings (SSSR count). The molecule has 0 aromatic heterocycles. The molecule has 0 aliphatic heterocycles. The number of rotatable bonds is 61. The second-order valence-corrected chi connectivity index (χ2v) is 22.4. The lowest BCUT2D eigenvalue weighted by Gasteiger charge is -2.18. The average Bonchev–Trinajstić information content (AvgIpc) is 3.42. The van der Waals surface area contributed by atoms with Crippen molar-refractivity contribution >= 4 is 17.9 Å². The van der Waals surface area contributed by atoms with E-state index in [-0.39, 0.29) is 31.1 Å². The predicted octanol–water partition coefficient (Wildman–Crippen LogP) is 22.7. The smallest absolute Gasteiger partial charge is 0.306 e. The largest absolute Gasteiger partial charge is 0.462 e. The Morgan fingerprint density at radius 3 is 0.750 bits per heavy atom. The Morgan fingerprint density at radius 1 is 0.263 bits per heavy atom. The minimum Gasteiger partial charge on any atom is -0.462 e. The third kappa shape index (κ3) is 62.0. The van der Waals surface area contributed by atoms with Gasteiger partial charge in [0, 0.05) is 19.3 Å². The number of hydrogen-bond acceptors (Lipinski definition) is 6. The number of hydrogen-bond donors (Lipinski definition) is 0. The minimum absolute atomic E-state index is 0.0766. The van der Waals surface area contributed by atoms with E-state index in [0.29, 0.717) is 19.3 Å². The maximum Gasteiger partial charge on any atom is 0.306 e. The topological polar surface area (TPSA) is 78.9 Å². The molecule has 0 fully saturated rings. The molecule has 442 valence electrons. The van der Waals surface area contributed by atoms with Crippen molar-refractivity contribution in [1.82, 2.24) is 0 Å². The Morgan fingerprint density at radius 2 is 0.474 bits per heavy atom. The predicted molar refractivity (Wildman–Crippen MR) is 330 cm³/mol. The summed E-state index contributed by atoms with van der Waals surface area (Å²) in [5, 5.41) is 0. The highest BCUT2D eigenvalue weighted by molar-refractivity contribution is 5.71. The molecule has 0 aliphatic carbocycles. The zero-order chi connectivity index (χ0) is 55.0. The summed E-state index contributed by atoms with van der Waals surface area (Å²) in [6, 6.07) is 0. The van der Waals surface area contributed by atoms with Crippen LogP contribution in [0, 0.1) is 0 Å². The van der Waals surface area contributed by atoms with Crippen LogP contribution in [0.2, 0.25) is 0 Å². The van der Waals surface area contributed by atoms with Crippen molar-refractivity contribution in [2.75, 3.05) is 13.2 Å². The van der Waals surface area contributed by atoms with E-state index in [4.69, 9.17) is 14.2 Å². The molecule has 0 bridgehead atoms. The zero-order valence-electron chi connectivity index (χ0n) is 50.8. The van der Waals surface area contributed by atoms with E-state index in [2.05, 4.69) is 81.5 Å². The highest BCUT2D eigenvalue weighted by Crippen LogP contribution is 2.17. The molecule has 76 heavy (non-hydrogen) atoms. The third-order valence-corrected chi connectivity index (χ3v) is 14.7. The summed E-state index contributed by atoms with van der Waals surface area (Å²) >= 11 is 0. The first-order valence-electron chi connectivity index (χ1n) is 33.3. The fourth-order valence-corrected chi connectivity index (χ4v) is 9.72. The summed E-state index contributed by atoms with van der Waals surface area (Å²) in [5.41, 5.74) is 0. The normalized spacial score (nSPS) is 12.4. The van der Waals surface area contributed by atoms with Crippen LogP contribution in [0.25, 0.3) is 0 Å². The van der Waals surface area contributed by atoms with Gasteiger partial charge in [-0.2, -0.15) is 0 Å². The van der Waals surface area contributed by atoms with Crippen LogP contribution in [0.4, 0.5) is 0 Å². The van der Waals surface area contributed by atoms with Gasteiger partial charge in [-0.1, -0.05) is 300 Å². The Labute approximate surface area is 472 Å². The van der Waals surface area contributed by atoms with Gasteiger partial charge in [-0.15, -0.1) is 0 Å². The van der Waals surface area contributed by atoms with Crippen LogP contribution >= 0.6 is 0 Å². The van der Waals surface area contributed by atoms with Gasteiger partial charge in [0.25, 0.3) is 0 Å². The molecular weight excluding hydrogens is 937 g/mol. The van der Waals surface area contributed by atoms with Gasteiger partial charge in [-0.25, -0.2) is 0 Å². The van der Waals surface area contributed by atoms with Crippen LogP contribution in [0.5, 0.6) is 0 Å². The summed E-state index contributed by atoms with van der Waals surface area (Å²) in [6.07, 6.45) is 82.3. The summed E-state index contributed by atoms with van der Waals surface area (Å²) in [4.78, 5) is 38.3. The standard InChI is InChI=1S/C70H126O6/c1-4-7-10-13-16-19-22-25-28-30-31-32-33-34-35-36-37-38-39-40-43-45-48-51-54-57-60-63-69(72)75-66-67(65-74-68(71)62-59-56-53-50-47-44-41-27-24-21-18-15-12-9-6-3)76-70(73)64-61-58-55-52-49-46-42-29-26-23-20-17-14-11-8-5-2/h20,22-23,25,29-31,33-34,42,67H,4-19,21,24,26-28,32,35-41,43-66H2,1-3H3/b23-20-,25-22-,31-30-,34-33-,42-29-. The lowest BCUT2D eigenvalue weighted by atomic mass is 10.0. The van der Waals surface area contributed by atoms with Crippen LogP contribution < -0.4 is 0 Å². The lowest BCUT2D eigenvalue weighted by molar-refractivity contribution is -0.167. The molecule has 6 nitrogen and oxygen atoms in total. The van der Waals surface area contributed by atoms with Crippen molar-refractivity contribution < 1.29 is 28.6 Å². The van der Waals surface area contributed by atoms with Gasteiger partial charge in [0.05, 0.1) is 0 Å². The molecule has 1 unspecified atom stereocenters. The fourth-order valence-electron chi connectivity index (χ4n) is 9.72. The molecule has 0 saturated carbocycles. The van der Waals surface area contributed by atoms with Gasteiger partial charge in [-0.05, 0) is 89.9 Å². The van der Waals surface area contributed by atoms with Crippen LogP contribution in [0.1, 0.15) is 348 Å². The van der Waals surface area contributed by atoms with Crippen LogP contribution in [-0.4, -0.2) is 37.2 Å². The summed E-state index contributed by atoms with van der Waals surface area (Å²) in [7, 11) is 0. The molecule has 0 aliphatic rings. The third-order valence-electron chi connectivity index (χ3n) is 14.7. The van der Waals surface area contributed by atoms with Crippen molar-refractivity contribution in [3.63, 3.8) is 0 Å². The van der Waals surface area contributed by atoms with Crippen molar-refractivity contribution in [3.05, 3.63) is 60.8 Å². The van der Waals surface area contributed by atoms with E-state index >= 15 is 0 Å². The second-order valence-electron chi connectivity index (χ2n) is 22.4. The lowest BCUT2D eigenvalue weighted by Crippen LogP contribution is -2.30. The van der Waals surface area contributed by atoms with Gasteiger partial charge >= 0.3 is 17.9 Å². The maximum absolute atomic E-state index is 12.9. The molecule has 0 amide bonds. The van der Waals surface area contributed by atoms with E-state index in [0.717, 1.165) is 96.3 Å². The first kappa shape index (κ1) is 73.1. The van der Waals surface area contributed by atoms with Gasteiger partial charge in [0.2, 0.25) is 0 Å². The highest BCUT2D eigenvalue weighted by atomic mass is 16.6. The van der Waals surface area contributed by atoms with E-state index in [1.165, 1.54) is 212 Å². The van der Waals surface area contributed by atoms with Gasteiger partial charge in [-0.3, -0.25) is 14.4 Å². The molecule has 0 saturated heterocycles. The van der Waals surface area contributed by atoms with Crippen molar-refractivity contribution in [3.8, 4) is 0 Å². The molecule has 6 heteroatoms. The number of esters is 3. The van der Waals surface area contributed by atoms with Crippen LogP contribution in [-0.2, 0) is 28.6 Å². The first-order chi connectivity index (χ1) is 37.5. The number of ether oxygens (including phenoxy) is 3. The van der Waals surface area contributed by atoms with E-state index in [1.807, 2.05) is 0 Å². The molecule has 0 heterocycles. The monoisotopic (exact) mass is 1060 g/mol. The van der Waals surface area contributed by atoms with Crippen molar-refractivity contribution in [1.29, 1.82) is 0 Å². The molecule has 0 radical (unpaired) electrons. The first-order valence-corrected chi connectivity index (χ1v) is 33.3. The van der Waals surface area contributed by atoms with Gasteiger partial charge in [0.15, 0.2) is 6.10 Å². The molecule has 0 aromatic carbocycles. The van der Waals surface area contributed by atoms with Crippen LogP contribution in [0.15, 0.2) is 60.8 Å². The molecule has 0 spiro atoms. The molecule has 0 N–H and O–H groups in total. The number of unbranched alkanes of at least 4 members (excludes halogenated alkanes) is 40. The number of allylic oxidation sites excluding steroid dienone is 10. The highest BCUT2D eigenvalue weighted by Gasteiger charge is 2.19. The summed E-state index contributed by atoms with van der Waals surface area (Å²) < 4.78 is 16.9. The van der Waals surface area contributed by atoms with Crippen molar-refractivity contribution in [2.24, 2.45) is 0 Å². The van der Waals surface area contributed by atoms with Crippen molar-refractivity contribution in [2.45, 2.75) is 354 Å². The van der Waals surface area contributed by atoms with Gasteiger partial charge < -0.3 is 14.2 Å². The molecular formula is C70H126O6. The maximum atomic E-state index is 12.9. The van der Waals surface area contributed by atoms with Crippen LogP contribution in [0.3, 0.4) is 0 Å². The Balaban J connectivity index is 4.28. The minimum atomic E-state index is -0.781. The number of carbonyl (C=O) groups is 3. The second kappa shape index (κ2) is 64.6. The van der Waals surface area contributed by atoms with E-state index in [1.54, 1.807) is 0 Å². The summed E-state index contributed by atoms with van der Waals surface area (Å²) in [6.45, 7) is 6.65. The SMILES string of the molecule is CCCCCC/C=C\C/C=C\CCCCCCCC(=O)OC(COC(=O)CCCCCCCCCCCCCC/C=C\C/C=C\C/C=C\CCCCCCC)COC(=O)CCCCCCCCCCCCCCCCC. The Hall–Kier alpha value is -2.89. The van der Waals surface area contributed by atoms with Gasteiger partial charge in [0.1, 0.15) is 13.2 Å². The Bertz CT molecular complexity index is 1360. The quantitative estimate of drug-likeness (QED) is 0.0261. The molecule has 0 aromatic rings. The molecule has 1 atom stereocenters. The zero-order valence-corrected chi connectivity index (χ0v) is 50.8.